The molecule has 0 radical (unpaired) electrons. The number of esters is 2. The number of nitrogens with two attached hydrogens (primary N) is 1. The van der Waals surface area contributed by atoms with Crippen molar-refractivity contribution in [3.8, 4) is 0 Å². The average Bonchev–Trinajstić information content (AvgIpc) is 3.02. The average molecular weight is 660 g/mol. The third-order valence-corrected chi connectivity index (χ3v) is 8.31. The second-order valence-corrected chi connectivity index (χ2v) is 13.2. The van der Waals surface area contributed by atoms with Crippen molar-refractivity contribution < 1.29 is 37.6 Å². The predicted octanol–water partition coefficient (Wildman–Crippen LogP) is 9.27. The molecular weight excluding hydrogens is 593 g/mol. The second kappa shape index (κ2) is 32.4. The summed E-state index contributed by atoms with van der Waals surface area (Å²) in [5.74, 6) is -0.854. The second-order valence-electron chi connectivity index (χ2n) is 11.7. The van der Waals surface area contributed by atoms with Crippen molar-refractivity contribution in [3.63, 3.8) is 0 Å². The Morgan fingerprint density at radius 1 is 0.667 bits per heavy atom. The zero-order valence-corrected chi connectivity index (χ0v) is 29.5. The summed E-state index contributed by atoms with van der Waals surface area (Å²) in [5, 5.41) is 0. The number of phosphoric ester groups is 1. The van der Waals surface area contributed by atoms with E-state index in [1.165, 1.54) is 44.9 Å². The molecule has 2 atom stereocenters. The van der Waals surface area contributed by atoms with Gasteiger partial charge in [-0.25, -0.2) is 4.57 Å². The van der Waals surface area contributed by atoms with Gasteiger partial charge in [-0.05, 0) is 57.8 Å². The third-order valence-electron chi connectivity index (χ3n) is 7.32. The molecule has 0 spiro atoms. The van der Waals surface area contributed by atoms with Crippen molar-refractivity contribution in [2.24, 2.45) is 5.73 Å². The van der Waals surface area contributed by atoms with Crippen molar-refractivity contribution in [1.29, 1.82) is 0 Å². The predicted molar refractivity (Wildman–Crippen MR) is 183 cm³/mol. The van der Waals surface area contributed by atoms with E-state index in [1.807, 2.05) is 0 Å². The Hall–Kier alpha value is -1.51. The minimum atomic E-state index is -4.37. The summed E-state index contributed by atoms with van der Waals surface area (Å²) in [5.41, 5.74) is 5.31. The van der Waals surface area contributed by atoms with Gasteiger partial charge in [0.15, 0.2) is 6.10 Å². The van der Waals surface area contributed by atoms with Gasteiger partial charge in [-0.15, -0.1) is 0 Å². The summed E-state index contributed by atoms with van der Waals surface area (Å²) in [4.78, 5) is 34.5. The Morgan fingerprint density at radius 3 is 1.69 bits per heavy atom. The first kappa shape index (κ1) is 43.5. The van der Waals surface area contributed by atoms with Crippen LogP contribution in [0.2, 0.25) is 0 Å². The van der Waals surface area contributed by atoms with E-state index in [1.54, 1.807) is 0 Å². The monoisotopic (exact) mass is 659 g/mol. The summed E-state index contributed by atoms with van der Waals surface area (Å²) < 4.78 is 32.5. The highest BCUT2D eigenvalue weighted by Gasteiger charge is 2.25. The van der Waals surface area contributed by atoms with Crippen LogP contribution in [0.15, 0.2) is 24.3 Å². The normalized spacial score (nSPS) is 13.8. The van der Waals surface area contributed by atoms with Gasteiger partial charge in [-0.2, -0.15) is 0 Å². The molecule has 0 bridgehead atoms. The number of hydrogen-bond donors (Lipinski definition) is 2. The SMILES string of the molecule is CC/C=C/CCCCCCCC(=O)OC[C@H](COP(=O)(O)OCCN)OC(=O)CCCCCCC/C=C\CCCCCCCC. The first-order valence-corrected chi connectivity index (χ1v) is 19.3. The molecule has 0 aliphatic rings. The van der Waals surface area contributed by atoms with Crippen LogP contribution in [0.4, 0.5) is 0 Å². The fourth-order valence-electron chi connectivity index (χ4n) is 4.69. The standard InChI is InChI=1S/C35H66NO8P/c1-3-5-7-9-11-13-14-15-16-17-18-20-22-24-26-28-35(38)44-33(32-43-45(39,40)42-30-29-36)31-41-34(37)27-25-23-21-19-12-10-8-6-4-2/h6,8,15-16,33H,3-5,7,9-14,17-32,36H2,1-2H3,(H,39,40)/b8-6+,16-15-/t33-/m1/s1. The van der Waals surface area contributed by atoms with Crippen LogP contribution in [0.25, 0.3) is 0 Å². The molecule has 0 saturated carbocycles. The number of rotatable bonds is 33. The van der Waals surface area contributed by atoms with E-state index in [2.05, 4.69) is 38.2 Å². The van der Waals surface area contributed by atoms with E-state index < -0.39 is 32.5 Å². The van der Waals surface area contributed by atoms with E-state index in [0.29, 0.717) is 6.42 Å². The molecule has 264 valence electrons. The molecule has 0 aliphatic heterocycles. The number of unbranched alkanes of at least 4 members (excludes halogenated alkanes) is 16. The molecular formula is C35H66NO8P. The maximum Gasteiger partial charge on any atom is 0.472 e. The van der Waals surface area contributed by atoms with Gasteiger partial charge in [0, 0.05) is 19.4 Å². The van der Waals surface area contributed by atoms with Gasteiger partial charge in [0.25, 0.3) is 0 Å². The van der Waals surface area contributed by atoms with Gasteiger partial charge in [0.05, 0.1) is 13.2 Å². The van der Waals surface area contributed by atoms with Crippen LogP contribution >= 0.6 is 7.82 Å². The van der Waals surface area contributed by atoms with Gasteiger partial charge in [-0.3, -0.25) is 18.6 Å². The summed E-state index contributed by atoms with van der Waals surface area (Å²) in [7, 11) is -4.37. The van der Waals surface area contributed by atoms with Crippen LogP contribution in [0, 0.1) is 0 Å². The molecule has 1 unspecified atom stereocenters. The van der Waals surface area contributed by atoms with Crippen molar-refractivity contribution in [2.45, 2.75) is 161 Å². The number of phosphoric acid groups is 1. The zero-order chi connectivity index (χ0) is 33.3. The Labute approximate surface area is 274 Å². The summed E-state index contributed by atoms with van der Waals surface area (Å²) >= 11 is 0. The maximum atomic E-state index is 12.5. The third kappa shape index (κ3) is 32.2. The molecule has 3 N–H and O–H groups in total. The highest BCUT2D eigenvalue weighted by molar-refractivity contribution is 7.47. The molecule has 0 aromatic rings. The van der Waals surface area contributed by atoms with Crippen LogP contribution in [0.3, 0.4) is 0 Å². The lowest BCUT2D eigenvalue weighted by atomic mass is 10.1. The first-order valence-electron chi connectivity index (χ1n) is 17.8. The highest BCUT2D eigenvalue weighted by atomic mass is 31.2. The van der Waals surface area contributed by atoms with Crippen LogP contribution < -0.4 is 5.73 Å². The molecule has 0 saturated heterocycles. The zero-order valence-electron chi connectivity index (χ0n) is 28.6. The minimum Gasteiger partial charge on any atom is -0.462 e. The molecule has 9 nitrogen and oxygen atoms in total. The Balaban J connectivity index is 4.25. The van der Waals surface area contributed by atoms with E-state index in [0.717, 1.165) is 77.0 Å². The molecule has 45 heavy (non-hydrogen) atoms. The summed E-state index contributed by atoms with van der Waals surface area (Å²) in [6.07, 6.45) is 30.8. The summed E-state index contributed by atoms with van der Waals surface area (Å²) in [6.45, 7) is 3.58. The van der Waals surface area contributed by atoms with Crippen molar-refractivity contribution in [3.05, 3.63) is 24.3 Å². The molecule has 0 fully saturated rings. The van der Waals surface area contributed by atoms with Gasteiger partial charge in [0.2, 0.25) is 0 Å². The maximum absolute atomic E-state index is 12.5. The van der Waals surface area contributed by atoms with Gasteiger partial charge >= 0.3 is 19.8 Å². The first-order chi connectivity index (χ1) is 21.8. The smallest absolute Gasteiger partial charge is 0.462 e. The number of ether oxygens (including phenoxy) is 2. The Morgan fingerprint density at radius 2 is 1.16 bits per heavy atom. The molecule has 0 aromatic heterocycles. The molecule has 0 rings (SSSR count). The van der Waals surface area contributed by atoms with Gasteiger partial charge in [0.1, 0.15) is 6.61 Å². The molecule has 0 amide bonds. The van der Waals surface area contributed by atoms with E-state index in [4.69, 9.17) is 24.3 Å². The Bertz CT molecular complexity index is 805. The number of carbonyl (C=O) groups is 2. The molecule has 0 aromatic carbocycles. The molecule has 0 heterocycles. The topological polar surface area (TPSA) is 134 Å². The van der Waals surface area contributed by atoms with E-state index in [-0.39, 0.29) is 32.6 Å². The largest absolute Gasteiger partial charge is 0.472 e. The summed E-state index contributed by atoms with van der Waals surface area (Å²) in [6, 6.07) is 0. The quantitative estimate of drug-likeness (QED) is 0.0306. The fraction of sp³-hybridized carbons (Fsp3) is 0.829. The van der Waals surface area contributed by atoms with Gasteiger partial charge in [-0.1, -0.05) is 109 Å². The minimum absolute atomic E-state index is 0.0514. The van der Waals surface area contributed by atoms with Crippen molar-refractivity contribution >= 4 is 19.8 Å². The van der Waals surface area contributed by atoms with E-state index in [9.17, 15) is 19.0 Å². The van der Waals surface area contributed by atoms with Crippen molar-refractivity contribution in [2.75, 3.05) is 26.4 Å². The molecule has 10 heteroatoms. The number of allylic oxidation sites excluding steroid dienone is 4. The van der Waals surface area contributed by atoms with Crippen LogP contribution in [-0.2, 0) is 32.7 Å². The molecule has 0 aliphatic carbocycles. The lowest BCUT2D eigenvalue weighted by Crippen LogP contribution is -2.29. The highest BCUT2D eigenvalue weighted by Crippen LogP contribution is 2.43. The fourth-order valence-corrected chi connectivity index (χ4v) is 5.45. The number of hydrogen-bond acceptors (Lipinski definition) is 8. The Kier molecular flexibility index (Phi) is 31.3. The van der Waals surface area contributed by atoms with Crippen molar-refractivity contribution in [1.82, 2.24) is 0 Å². The number of carbonyl (C=O) groups excluding carboxylic acids is 2. The lowest BCUT2D eigenvalue weighted by Gasteiger charge is -2.19. The van der Waals surface area contributed by atoms with Crippen LogP contribution in [-0.4, -0.2) is 49.3 Å². The van der Waals surface area contributed by atoms with Gasteiger partial charge < -0.3 is 20.1 Å². The van der Waals surface area contributed by atoms with Crippen LogP contribution in [0.1, 0.15) is 155 Å². The van der Waals surface area contributed by atoms with Crippen LogP contribution in [0.5, 0.6) is 0 Å². The lowest BCUT2D eigenvalue weighted by molar-refractivity contribution is -0.161. The van der Waals surface area contributed by atoms with E-state index >= 15 is 0 Å².